The fourth-order valence-corrected chi connectivity index (χ4v) is 1.49. The third-order valence-corrected chi connectivity index (χ3v) is 2.35. The normalized spacial score (nSPS) is 10.3. The molecule has 0 aliphatic heterocycles. The standard InChI is InChI=1S/C10H9ClN4O3/c1-5-14-8(18-15-5)4-13-9-7(11)2-6(3-12-9)10(16)17/h2-3H,4H2,1H3,(H,12,13)(H,16,17). The van der Waals surface area contributed by atoms with Crippen LogP contribution in [0.2, 0.25) is 5.02 Å². The molecule has 7 nitrogen and oxygen atoms in total. The van der Waals surface area contributed by atoms with Crippen LogP contribution in [-0.2, 0) is 6.54 Å². The molecule has 0 aromatic carbocycles. The molecule has 0 amide bonds. The Morgan fingerprint density at radius 3 is 2.94 bits per heavy atom. The van der Waals surface area contributed by atoms with Crippen molar-refractivity contribution in [1.29, 1.82) is 0 Å². The summed E-state index contributed by atoms with van der Waals surface area (Å²) in [6.45, 7) is 1.97. The Balaban J connectivity index is 2.08. The highest BCUT2D eigenvalue weighted by atomic mass is 35.5. The molecule has 0 aliphatic carbocycles. The maximum absolute atomic E-state index is 10.7. The van der Waals surface area contributed by atoms with E-state index < -0.39 is 5.97 Å². The van der Waals surface area contributed by atoms with Gasteiger partial charge in [-0.15, -0.1) is 0 Å². The van der Waals surface area contributed by atoms with Crippen LogP contribution in [0.1, 0.15) is 22.1 Å². The summed E-state index contributed by atoms with van der Waals surface area (Å²) in [6, 6.07) is 1.32. The predicted octanol–water partition coefficient (Wildman–Crippen LogP) is 1.74. The highest BCUT2D eigenvalue weighted by Gasteiger charge is 2.09. The molecule has 0 fully saturated rings. The van der Waals surface area contributed by atoms with Crippen molar-refractivity contribution in [2.75, 3.05) is 5.32 Å². The zero-order valence-corrected chi connectivity index (χ0v) is 10.1. The molecule has 2 aromatic heterocycles. The van der Waals surface area contributed by atoms with E-state index in [1.54, 1.807) is 6.92 Å². The van der Waals surface area contributed by atoms with Crippen molar-refractivity contribution in [2.45, 2.75) is 13.5 Å². The van der Waals surface area contributed by atoms with Crippen LogP contribution in [0.4, 0.5) is 5.82 Å². The van der Waals surface area contributed by atoms with Gasteiger partial charge in [0.2, 0.25) is 5.89 Å². The molecule has 0 aliphatic rings. The molecule has 2 aromatic rings. The van der Waals surface area contributed by atoms with E-state index in [-0.39, 0.29) is 17.1 Å². The fourth-order valence-electron chi connectivity index (χ4n) is 1.26. The highest BCUT2D eigenvalue weighted by molar-refractivity contribution is 6.33. The Kier molecular flexibility index (Phi) is 3.42. The second-order valence-electron chi connectivity index (χ2n) is 3.45. The van der Waals surface area contributed by atoms with Crippen LogP contribution >= 0.6 is 11.6 Å². The van der Waals surface area contributed by atoms with E-state index in [2.05, 4.69) is 20.4 Å². The Morgan fingerprint density at radius 1 is 1.61 bits per heavy atom. The van der Waals surface area contributed by atoms with E-state index >= 15 is 0 Å². The average molecular weight is 269 g/mol. The second-order valence-corrected chi connectivity index (χ2v) is 3.86. The number of halogens is 1. The smallest absolute Gasteiger partial charge is 0.337 e. The summed E-state index contributed by atoms with van der Waals surface area (Å²) >= 11 is 5.89. The molecule has 18 heavy (non-hydrogen) atoms. The first-order valence-corrected chi connectivity index (χ1v) is 5.36. The minimum atomic E-state index is -1.08. The van der Waals surface area contributed by atoms with Crippen LogP contribution in [0.5, 0.6) is 0 Å². The Hall–Kier alpha value is -2.15. The van der Waals surface area contributed by atoms with E-state index in [0.29, 0.717) is 17.5 Å². The summed E-state index contributed by atoms with van der Waals surface area (Å²) in [4.78, 5) is 18.6. The zero-order valence-electron chi connectivity index (χ0n) is 9.35. The molecule has 0 bridgehead atoms. The van der Waals surface area contributed by atoms with Gasteiger partial charge in [0.25, 0.3) is 0 Å². The molecule has 0 saturated carbocycles. The topological polar surface area (TPSA) is 101 Å². The number of aromatic carboxylic acids is 1. The number of carboxylic acid groups (broad SMARTS) is 1. The van der Waals surface area contributed by atoms with Gasteiger partial charge in [0.1, 0.15) is 5.82 Å². The van der Waals surface area contributed by atoms with Crippen LogP contribution in [0.3, 0.4) is 0 Å². The van der Waals surface area contributed by atoms with Crippen molar-refractivity contribution in [1.82, 2.24) is 15.1 Å². The van der Waals surface area contributed by atoms with Crippen molar-refractivity contribution in [2.24, 2.45) is 0 Å². The van der Waals surface area contributed by atoms with Crippen LogP contribution < -0.4 is 5.32 Å². The molecule has 2 heterocycles. The van der Waals surface area contributed by atoms with Crippen LogP contribution in [-0.4, -0.2) is 26.2 Å². The lowest BCUT2D eigenvalue weighted by Crippen LogP contribution is -2.04. The highest BCUT2D eigenvalue weighted by Crippen LogP contribution is 2.20. The third-order valence-electron chi connectivity index (χ3n) is 2.06. The summed E-state index contributed by atoms with van der Waals surface area (Å²) in [7, 11) is 0. The van der Waals surface area contributed by atoms with Crippen LogP contribution in [0, 0.1) is 6.92 Å². The summed E-state index contributed by atoms with van der Waals surface area (Å²) in [5, 5.41) is 15.5. The summed E-state index contributed by atoms with van der Waals surface area (Å²) in [6.07, 6.45) is 1.22. The van der Waals surface area contributed by atoms with Gasteiger partial charge in [-0.2, -0.15) is 4.98 Å². The number of hydrogen-bond donors (Lipinski definition) is 2. The molecule has 2 rings (SSSR count). The van der Waals surface area contributed by atoms with Crippen molar-refractivity contribution in [3.63, 3.8) is 0 Å². The molecule has 0 atom stereocenters. The summed E-state index contributed by atoms with van der Waals surface area (Å²) in [5.74, 6) is 0.209. The number of rotatable bonds is 4. The molecular formula is C10H9ClN4O3. The molecule has 94 valence electrons. The van der Waals surface area contributed by atoms with Gasteiger partial charge < -0.3 is 14.9 Å². The van der Waals surface area contributed by atoms with Gasteiger partial charge in [-0.3, -0.25) is 0 Å². The SMILES string of the molecule is Cc1noc(CNc2ncc(C(=O)O)cc2Cl)n1. The largest absolute Gasteiger partial charge is 0.478 e. The first-order chi connectivity index (χ1) is 8.56. The number of aromatic nitrogens is 3. The number of nitrogens with one attached hydrogen (secondary N) is 1. The van der Waals surface area contributed by atoms with Crippen molar-refractivity contribution in [3.05, 3.63) is 34.6 Å². The predicted molar refractivity (Wildman–Crippen MR) is 62.6 cm³/mol. The van der Waals surface area contributed by atoms with Crippen LogP contribution in [0.25, 0.3) is 0 Å². The number of hydrogen-bond acceptors (Lipinski definition) is 6. The lowest BCUT2D eigenvalue weighted by atomic mass is 10.3. The Bertz CT molecular complexity index is 584. The number of carbonyl (C=O) groups is 1. The lowest BCUT2D eigenvalue weighted by Gasteiger charge is -2.05. The first kappa shape index (κ1) is 12.3. The maximum Gasteiger partial charge on any atom is 0.337 e. The molecule has 8 heteroatoms. The van der Waals surface area contributed by atoms with Crippen molar-refractivity contribution in [3.8, 4) is 0 Å². The summed E-state index contributed by atoms with van der Waals surface area (Å²) in [5.41, 5.74) is 0.0270. The third kappa shape index (κ3) is 2.75. The molecular weight excluding hydrogens is 260 g/mol. The van der Waals surface area contributed by atoms with E-state index in [1.807, 2.05) is 0 Å². The Morgan fingerprint density at radius 2 is 2.39 bits per heavy atom. The number of anilines is 1. The van der Waals surface area contributed by atoms with Gasteiger partial charge in [-0.05, 0) is 13.0 Å². The van der Waals surface area contributed by atoms with Crippen LogP contribution in [0.15, 0.2) is 16.8 Å². The molecule has 0 spiro atoms. The zero-order chi connectivity index (χ0) is 13.1. The van der Waals surface area contributed by atoms with E-state index in [1.165, 1.54) is 12.3 Å². The van der Waals surface area contributed by atoms with Gasteiger partial charge in [0, 0.05) is 6.20 Å². The van der Waals surface area contributed by atoms with Gasteiger partial charge in [0.05, 0.1) is 17.1 Å². The maximum atomic E-state index is 10.7. The lowest BCUT2D eigenvalue weighted by molar-refractivity contribution is 0.0696. The minimum Gasteiger partial charge on any atom is -0.478 e. The minimum absolute atomic E-state index is 0.0270. The quantitative estimate of drug-likeness (QED) is 0.871. The Labute approximate surface area is 107 Å². The van der Waals surface area contributed by atoms with Gasteiger partial charge in [-0.1, -0.05) is 16.8 Å². The molecule has 0 unspecified atom stereocenters. The van der Waals surface area contributed by atoms with Gasteiger partial charge in [-0.25, -0.2) is 9.78 Å². The fraction of sp³-hybridized carbons (Fsp3) is 0.200. The summed E-state index contributed by atoms with van der Waals surface area (Å²) < 4.78 is 4.90. The van der Waals surface area contributed by atoms with Gasteiger partial charge >= 0.3 is 5.97 Å². The average Bonchev–Trinajstić information content (AvgIpc) is 2.73. The molecule has 2 N–H and O–H groups in total. The van der Waals surface area contributed by atoms with Crippen molar-refractivity contribution >= 4 is 23.4 Å². The number of aryl methyl sites for hydroxylation is 1. The monoisotopic (exact) mass is 268 g/mol. The number of carboxylic acids is 1. The van der Waals surface area contributed by atoms with Gasteiger partial charge in [0.15, 0.2) is 5.82 Å². The van der Waals surface area contributed by atoms with E-state index in [0.717, 1.165) is 0 Å². The molecule has 0 saturated heterocycles. The first-order valence-electron chi connectivity index (χ1n) is 4.98. The molecule has 0 radical (unpaired) electrons. The van der Waals surface area contributed by atoms with E-state index in [9.17, 15) is 4.79 Å². The number of pyridine rings is 1. The number of nitrogens with zero attached hydrogens (tertiary/aromatic N) is 3. The van der Waals surface area contributed by atoms with Crippen molar-refractivity contribution < 1.29 is 14.4 Å². The second kappa shape index (κ2) is 5.01. The van der Waals surface area contributed by atoms with E-state index in [4.69, 9.17) is 21.2 Å².